The van der Waals surface area contributed by atoms with Crippen LogP contribution >= 0.6 is 0 Å². The average Bonchev–Trinajstić information content (AvgIpc) is 3.04. The van der Waals surface area contributed by atoms with Gasteiger partial charge in [-0.05, 0) is 37.5 Å². The third-order valence-corrected chi connectivity index (χ3v) is 6.97. The van der Waals surface area contributed by atoms with Gasteiger partial charge in [0.05, 0.1) is 23.3 Å². The summed E-state index contributed by atoms with van der Waals surface area (Å²) in [6.45, 7) is 2.72. The molecular formula is C19H22N4O4S. The van der Waals surface area contributed by atoms with Crippen LogP contribution in [-0.4, -0.2) is 43.5 Å². The second-order valence-corrected chi connectivity index (χ2v) is 8.60. The number of esters is 1. The Bertz CT molecular complexity index is 1060. The quantitative estimate of drug-likeness (QED) is 0.783. The number of aromatic nitrogens is 1. The number of nitrogen functional groups attached to an aromatic ring is 1. The summed E-state index contributed by atoms with van der Waals surface area (Å²) in [5.41, 5.74) is 7.04. The summed E-state index contributed by atoms with van der Waals surface area (Å²) in [5.74, 6) is -0.708. The fourth-order valence-corrected chi connectivity index (χ4v) is 5.14. The zero-order valence-corrected chi connectivity index (χ0v) is 16.6. The summed E-state index contributed by atoms with van der Waals surface area (Å²) in [5, 5.41) is 9.26. The highest BCUT2D eigenvalue weighted by atomic mass is 32.2. The third kappa shape index (κ3) is 3.37. The standard InChI is InChI=1S/C19H22N4O4S/c1-13-6-7-15(10-16(13)28(25,26)22-8-4-3-5-9-22)23-12-14(11-20)17(21)18(23)19(24)27-2/h6-7,10,12H,3-5,8-9,21H2,1-2H3. The Kier molecular flexibility index (Phi) is 5.45. The number of piperidine rings is 1. The highest BCUT2D eigenvalue weighted by molar-refractivity contribution is 7.89. The number of carbonyl (C=O) groups excluding carboxylic acids is 1. The Morgan fingerprint density at radius 3 is 2.54 bits per heavy atom. The highest BCUT2D eigenvalue weighted by Gasteiger charge is 2.28. The van der Waals surface area contributed by atoms with Gasteiger partial charge in [0.25, 0.3) is 0 Å². The van der Waals surface area contributed by atoms with Crippen molar-refractivity contribution in [3.63, 3.8) is 0 Å². The van der Waals surface area contributed by atoms with E-state index in [2.05, 4.69) is 0 Å². The lowest BCUT2D eigenvalue weighted by molar-refractivity contribution is 0.0593. The van der Waals surface area contributed by atoms with Crippen molar-refractivity contribution >= 4 is 21.7 Å². The minimum Gasteiger partial charge on any atom is -0.464 e. The molecule has 0 amide bonds. The summed E-state index contributed by atoms with van der Waals surface area (Å²) in [7, 11) is -2.45. The molecule has 2 aromatic rings. The summed E-state index contributed by atoms with van der Waals surface area (Å²) in [6, 6.07) is 6.79. The average molecular weight is 402 g/mol. The molecule has 0 aliphatic carbocycles. The topological polar surface area (TPSA) is 118 Å². The smallest absolute Gasteiger partial charge is 0.357 e. The number of benzene rings is 1. The molecule has 2 heterocycles. The predicted octanol–water partition coefficient (Wildman–Crippen LogP) is 2.20. The van der Waals surface area contributed by atoms with Crippen molar-refractivity contribution in [1.82, 2.24) is 8.87 Å². The van der Waals surface area contributed by atoms with Crippen molar-refractivity contribution in [1.29, 1.82) is 5.26 Å². The van der Waals surface area contributed by atoms with Crippen LogP contribution in [0.4, 0.5) is 5.69 Å². The van der Waals surface area contributed by atoms with E-state index in [1.54, 1.807) is 19.1 Å². The molecule has 0 spiro atoms. The fourth-order valence-electron chi connectivity index (χ4n) is 3.38. The highest BCUT2D eigenvalue weighted by Crippen LogP contribution is 2.29. The van der Waals surface area contributed by atoms with Crippen LogP contribution in [0.5, 0.6) is 0 Å². The van der Waals surface area contributed by atoms with E-state index in [1.165, 1.54) is 28.2 Å². The van der Waals surface area contributed by atoms with E-state index in [4.69, 9.17) is 10.5 Å². The molecule has 8 nitrogen and oxygen atoms in total. The lowest BCUT2D eigenvalue weighted by Gasteiger charge is -2.26. The molecule has 1 saturated heterocycles. The zero-order chi connectivity index (χ0) is 20.5. The third-order valence-electron chi connectivity index (χ3n) is 4.93. The molecule has 0 radical (unpaired) electrons. The first-order valence-electron chi connectivity index (χ1n) is 8.91. The second kappa shape index (κ2) is 7.66. The maximum atomic E-state index is 13.1. The lowest BCUT2D eigenvalue weighted by atomic mass is 10.2. The van der Waals surface area contributed by atoms with Crippen LogP contribution in [0.2, 0.25) is 0 Å². The normalized spacial score (nSPS) is 15.2. The number of nitriles is 1. The van der Waals surface area contributed by atoms with Crippen molar-refractivity contribution in [2.75, 3.05) is 25.9 Å². The Morgan fingerprint density at radius 1 is 1.25 bits per heavy atom. The van der Waals surface area contributed by atoms with Gasteiger partial charge in [-0.1, -0.05) is 12.5 Å². The van der Waals surface area contributed by atoms with Crippen LogP contribution in [-0.2, 0) is 14.8 Å². The number of sulfonamides is 1. The Labute approximate surface area is 164 Å². The molecule has 1 aliphatic heterocycles. The number of hydrogen-bond acceptors (Lipinski definition) is 6. The number of anilines is 1. The molecular weight excluding hydrogens is 380 g/mol. The number of hydrogen-bond donors (Lipinski definition) is 1. The van der Waals surface area contributed by atoms with Gasteiger partial charge in [0.2, 0.25) is 10.0 Å². The van der Waals surface area contributed by atoms with E-state index >= 15 is 0 Å². The van der Waals surface area contributed by atoms with Crippen LogP contribution in [0.3, 0.4) is 0 Å². The Balaban J connectivity index is 2.15. The summed E-state index contributed by atoms with van der Waals surface area (Å²) >= 11 is 0. The largest absolute Gasteiger partial charge is 0.464 e. The number of nitrogens with zero attached hydrogens (tertiary/aromatic N) is 3. The van der Waals surface area contributed by atoms with Crippen molar-refractivity contribution in [2.24, 2.45) is 0 Å². The lowest BCUT2D eigenvalue weighted by Crippen LogP contribution is -2.36. The van der Waals surface area contributed by atoms with Crippen LogP contribution in [0, 0.1) is 18.3 Å². The van der Waals surface area contributed by atoms with Crippen molar-refractivity contribution in [2.45, 2.75) is 31.1 Å². The maximum Gasteiger partial charge on any atom is 0.357 e. The molecule has 0 atom stereocenters. The van der Waals surface area contributed by atoms with Gasteiger partial charge in [-0.25, -0.2) is 13.2 Å². The van der Waals surface area contributed by atoms with Crippen LogP contribution in [0.25, 0.3) is 5.69 Å². The first-order chi connectivity index (χ1) is 13.3. The number of carbonyl (C=O) groups is 1. The monoisotopic (exact) mass is 402 g/mol. The summed E-state index contributed by atoms with van der Waals surface area (Å²) in [4.78, 5) is 12.4. The molecule has 1 aromatic heterocycles. The summed E-state index contributed by atoms with van der Waals surface area (Å²) < 4.78 is 34.0. The van der Waals surface area contributed by atoms with Gasteiger partial charge >= 0.3 is 5.97 Å². The van der Waals surface area contributed by atoms with Gasteiger partial charge in [-0.2, -0.15) is 9.57 Å². The molecule has 1 aromatic carbocycles. The van der Waals surface area contributed by atoms with Gasteiger partial charge < -0.3 is 15.0 Å². The molecule has 1 fully saturated rings. The van der Waals surface area contributed by atoms with Gasteiger partial charge in [0.15, 0.2) is 5.69 Å². The summed E-state index contributed by atoms with van der Waals surface area (Å²) in [6.07, 6.45) is 4.10. The molecule has 2 N–H and O–H groups in total. The Morgan fingerprint density at radius 2 is 1.93 bits per heavy atom. The molecule has 0 bridgehead atoms. The number of aryl methyl sites for hydroxylation is 1. The van der Waals surface area contributed by atoms with Crippen LogP contribution in [0.15, 0.2) is 29.3 Å². The number of ether oxygens (including phenoxy) is 1. The van der Waals surface area contributed by atoms with E-state index < -0.39 is 16.0 Å². The SMILES string of the molecule is COC(=O)c1c(N)c(C#N)cn1-c1ccc(C)c(S(=O)(=O)N2CCCCC2)c1. The molecule has 9 heteroatoms. The van der Waals surface area contributed by atoms with Gasteiger partial charge in [0, 0.05) is 25.0 Å². The number of rotatable bonds is 4. The fraction of sp³-hybridized carbons (Fsp3) is 0.368. The van der Waals surface area contributed by atoms with E-state index in [1.807, 2.05) is 6.07 Å². The van der Waals surface area contributed by atoms with Gasteiger partial charge in [-0.15, -0.1) is 0 Å². The zero-order valence-electron chi connectivity index (χ0n) is 15.8. The van der Waals surface area contributed by atoms with Crippen molar-refractivity contribution in [3.8, 4) is 11.8 Å². The van der Waals surface area contributed by atoms with Gasteiger partial charge in [-0.3, -0.25) is 0 Å². The molecule has 0 saturated carbocycles. The Hall–Kier alpha value is -2.83. The predicted molar refractivity (Wildman–Crippen MR) is 104 cm³/mol. The molecule has 148 valence electrons. The first kappa shape index (κ1) is 19.9. The molecule has 28 heavy (non-hydrogen) atoms. The van der Waals surface area contributed by atoms with Crippen molar-refractivity contribution in [3.05, 3.63) is 41.2 Å². The van der Waals surface area contributed by atoms with Gasteiger partial charge in [0.1, 0.15) is 6.07 Å². The number of nitrogens with two attached hydrogens (primary N) is 1. The minimum atomic E-state index is -3.66. The minimum absolute atomic E-state index is 0.00429. The number of methoxy groups -OCH3 is 1. The van der Waals surface area contributed by atoms with E-state index in [-0.39, 0.29) is 21.8 Å². The molecule has 0 unspecified atom stereocenters. The molecule has 1 aliphatic rings. The van der Waals surface area contributed by atoms with Crippen LogP contribution < -0.4 is 5.73 Å². The second-order valence-electron chi connectivity index (χ2n) is 6.69. The van der Waals surface area contributed by atoms with E-state index in [0.717, 1.165) is 19.3 Å². The van der Waals surface area contributed by atoms with E-state index in [9.17, 15) is 18.5 Å². The van der Waals surface area contributed by atoms with Crippen LogP contribution in [0.1, 0.15) is 40.9 Å². The maximum absolute atomic E-state index is 13.1. The van der Waals surface area contributed by atoms with Crippen molar-refractivity contribution < 1.29 is 17.9 Å². The molecule has 3 rings (SSSR count). The van der Waals surface area contributed by atoms with E-state index in [0.29, 0.717) is 24.3 Å². The first-order valence-corrected chi connectivity index (χ1v) is 10.4.